The maximum Gasteiger partial charge on any atom is 0.258 e. The number of thiazole rings is 1. The van der Waals surface area contributed by atoms with Crippen molar-refractivity contribution >= 4 is 23.6 Å². The molecule has 0 aliphatic heterocycles. The molecule has 0 aliphatic carbocycles. The van der Waals surface area contributed by atoms with Gasteiger partial charge in [-0.2, -0.15) is 0 Å². The van der Waals surface area contributed by atoms with Gasteiger partial charge in [-0.25, -0.2) is 4.98 Å². The molecule has 2 aromatic heterocycles. The van der Waals surface area contributed by atoms with Crippen molar-refractivity contribution in [3.05, 3.63) is 33.2 Å². The maximum atomic E-state index is 11.8. The number of hydrogen-bond acceptors (Lipinski definition) is 3. The molecule has 2 heterocycles. The number of rotatable bonds is 2. The van der Waals surface area contributed by atoms with Crippen LogP contribution in [0.25, 0.3) is 4.96 Å². The molecule has 0 saturated carbocycles. The van der Waals surface area contributed by atoms with Gasteiger partial charge in [0.05, 0.1) is 0 Å². The molecule has 1 atom stereocenters. The van der Waals surface area contributed by atoms with Gasteiger partial charge in [0, 0.05) is 22.8 Å². The van der Waals surface area contributed by atoms with Crippen LogP contribution in [0.2, 0.25) is 6.82 Å². The second-order valence-corrected chi connectivity index (χ2v) is 4.66. The lowest BCUT2D eigenvalue weighted by atomic mass is 9.66. The Kier molecular flexibility index (Phi) is 2.65. The molecule has 0 radical (unpaired) electrons. The van der Waals surface area contributed by atoms with Crippen LogP contribution in [0, 0.1) is 6.92 Å². The summed E-state index contributed by atoms with van der Waals surface area (Å²) < 4.78 is 1.66. The van der Waals surface area contributed by atoms with Crippen LogP contribution in [0.5, 0.6) is 0 Å². The van der Waals surface area contributed by atoms with Gasteiger partial charge in [0.1, 0.15) is 7.28 Å². The second kappa shape index (κ2) is 3.81. The van der Waals surface area contributed by atoms with Crippen molar-refractivity contribution < 1.29 is 0 Å². The summed E-state index contributed by atoms with van der Waals surface area (Å²) >= 11 is 1.52. The Labute approximate surface area is 93.0 Å². The van der Waals surface area contributed by atoms with Gasteiger partial charge in [0.25, 0.3) is 5.56 Å². The van der Waals surface area contributed by atoms with Crippen molar-refractivity contribution in [2.75, 3.05) is 0 Å². The summed E-state index contributed by atoms with van der Waals surface area (Å²) in [6.07, 6.45) is 0. The van der Waals surface area contributed by atoms with E-state index in [1.54, 1.807) is 10.5 Å². The van der Waals surface area contributed by atoms with Crippen LogP contribution < -0.4 is 5.56 Å². The summed E-state index contributed by atoms with van der Waals surface area (Å²) in [6.45, 7) is 6.13. The van der Waals surface area contributed by atoms with Crippen LogP contribution in [-0.2, 0) is 0 Å². The Morgan fingerprint density at radius 1 is 1.60 bits per heavy atom. The summed E-state index contributed by atoms with van der Waals surface area (Å²) in [5.74, 6) is 0.352. The molecule has 0 aliphatic rings. The van der Waals surface area contributed by atoms with E-state index in [0.29, 0.717) is 5.82 Å². The Balaban J connectivity index is 2.69. The van der Waals surface area contributed by atoms with Gasteiger partial charge in [-0.3, -0.25) is 9.20 Å². The molecule has 2 aromatic rings. The summed E-state index contributed by atoms with van der Waals surface area (Å²) in [4.78, 5) is 17.1. The number of hydrogen-bond donors (Lipinski definition) is 0. The third-order valence-electron chi connectivity index (χ3n) is 2.71. The lowest BCUT2D eigenvalue weighted by Crippen LogP contribution is -2.17. The molecule has 0 amide bonds. The highest BCUT2D eigenvalue weighted by atomic mass is 32.1. The summed E-state index contributed by atoms with van der Waals surface area (Å²) in [7, 11) is 1.01. The molecule has 0 N–H and O–H groups in total. The quantitative estimate of drug-likeness (QED) is 0.720. The Bertz CT molecular complexity index is 546. The Morgan fingerprint density at radius 2 is 2.33 bits per heavy atom. The topological polar surface area (TPSA) is 34.4 Å². The number of nitrogens with zero attached hydrogens (tertiary/aromatic N) is 2. The smallest absolute Gasteiger partial charge is 0.258 e. The first-order chi connectivity index (χ1) is 7.13. The molecule has 0 aromatic carbocycles. The highest BCUT2D eigenvalue weighted by Crippen LogP contribution is 2.15. The molecule has 15 heavy (non-hydrogen) atoms. The molecular formula is C10H13BN2OS. The van der Waals surface area contributed by atoms with Crippen LogP contribution >= 0.6 is 11.3 Å². The largest absolute Gasteiger partial charge is 0.269 e. The van der Waals surface area contributed by atoms with E-state index in [1.165, 1.54) is 11.3 Å². The van der Waals surface area contributed by atoms with Crippen molar-refractivity contribution in [1.29, 1.82) is 0 Å². The fourth-order valence-corrected chi connectivity index (χ4v) is 2.41. The maximum absolute atomic E-state index is 11.8. The van der Waals surface area contributed by atoms with Gasteiger partial charge in [-0.15, -0.1) is 11.3 Å². The molecule has 78 valence electrons. The molecule has 2 rings (SSSR count). The minimum absolute atomic E-state index is 0.0362. The van der Waals surface area contributed by atoms with Crippen molar-refractivity contribution in [2.24, 2.45) is 0 Å². The molecule has 1 unspecified atom stereocenters. The van der Waals surface area contributed by atoms with Crippen molar-refractivity contribution in [3.63, 3.8) is 0 Å². The van der Waals surface area contributed by atoms with Gasteiger partial charge in [-0.1, -0.05) is 13.7 Å². The van der Waals surface area contributed by atoms with E-state index in [-0.39, 0.29) is 5.56 Å². The Morgan fingerprint density at radius 3 is 3.00 bits per heavy atom. The van der Waals surface area contributed by atoms with E-state index >= 15 is 0 Å². The molecule has 0 bridgehead atoms. The number of aryl methyl sites for hydroxylation is 1. The standard InChI is InChI=1S/C10H13BN2OS/c1-6-5-15-10-12-8(7(2)11-3)4-9(14)13(6)10/h4-5,7,11H,1-3H3. The van der Waals surface area contributed by atoms with Gasteiger partial charge in [0.2, 0.25) is 0 Å². The minimum Gasteiger partial charge on any atom is -0.269 e. The first kappa shape index (κ1) is 10.4. The third kappa shape index (κ3) is 1.72. The highest BCUT2D eigenvalue weighted by Gasteiger charge is 2.10. The van der Waals surface area contributed by atoms with Crippen LogP contribution in [-0.4, -0.2) is 16.7 Å². The van der Waals surface area contributed by atoms with Crippen LogP contribution in [0.15, 0.2) is 16.2 Å². The number of aromatic nitrogens is 2. The van der Waals surface area contributed by atoms with Crippen LogP contribution in [0.3, 0.4) is 0 Å². The number of fused-ring (bicyclic) bond motifs is 1. The normalized spacial score (nSPS) is 13.0. The highest BCUT2D eigenvalue weighted by molar-refractivity contribution is 7.15. The molecular weight excluding hydrogens is 207 g/mol. The zero-order chi connectivity index (χ0) is 11.0. The third-order valence-corrected chi connectivity index (χ3v) is 3.66. The summed E-state index contributed by atoms with van der Waals surface area (Å²) in [5, 5.41) is 1.96. The van der Waals surface area contributed by atoms with Crippen molar-refractivity contribution in [2.45, 2.75) is 26.5 Å². The van der Waals surface area contributed by atoms with Gasteiger partial charge >= 0.3 is 0 Å². The minimum atomic E-state index is 0.0362. The first-order valence-corrected chi connectivity index (χ1v) is 5.99. The first-order valence-electron chi connectivity index (χ1n) is 5.11. The zero-order valence-corrected chi connectivity index (χ0v) is 9.97. The van der Waals surface area contributed by atoms with E-state index in [0.717, 1.165) is 23.6 Å². The molecule has 3 nitrogen and oxygen atoms in total. The van der Waals surface area contributed by atoms with E-state index in [4.69, 9.17) is 0 Å². The molecule has 0 saturated heterocycles. The van der Waals surface area contributed by atoms with E-state index in [1.807, 2.05) is 12.3 Å². The van der Waals surface area contributed by atoms with E-state index in [9.17, 15) is 4.79 Å². The van der Waals surface area contributed by atoms with Crippen LogP contribution in [0.1, 0.15) is 24.1 Å². The zero-order valence-electron chi connectivity index (χ0n) is 9.15. The average Bonchev–Trinajstić information content (AvgIpc) is 2.59. The Hall–Kier alpha value is -1.10. The fourth-order valence-electron chi connectivity index (χ4n) is 1.53. The molecule has 0 fully saturated rings. The van der Waals surface area contributed by atoms with Gasteiger partial charge in [0.15, 0.2) is 4.96 Å². The lowest BCUT2D eigenvalue weighted by molar-refractivity contribution is 0.935. The SMILES string of the molecule is CBC(C)c1cc(=O)n2c(C)csc2n1. The van der Waals surface area contributed by atoms with E-state index in [2.05, 4.69) is 18.7 Å². The predicted octanol–water partition coefficient (Wildman–Crippen LogP) is 1.61. The lowest BCUT2D eigenvalue weighted by Gasteiger charge is -2.06. The predicted molar refractivity (Wildman–Crippen MR) is 65.5 cm³/mol. The van der Waals surface area contributed by atoms with Crippen LogP contribution in [0.4, 0.5) is 0 Å². The average molecular weight is 220 g/mol. The van der Waals surface area contributed by atoms with E-state index < -0.39 is 0 Å². The molecule has 5 heteroatoms. The van der Waals surface area contributed by atoms with Crippen molar-refractivity contribution in [3.8, 4) is 0 Å². The summed E-state index contributed by atoms with van der Waals surface area (Å²) in [6, 6.07) is 1.65. The molecule has 0 spiro atoms. The summed E-state index contributed by atoms with van der Waals surface area (Å²) in [5.41, 5.74) is 1.90. The second-order valence-electron chi connectivity index (χ2n) is 3.82. The van der Waals surface area contributed by atoms with Gasteiger partial charge < -0.3 is 0 Å². The van der Waals surface area contributed by atoms with Gasteiger partial charge in [-0.05, 0) is 12.7 Å². The fraction of sp³-hybridized carbons (Fsp3) is 0.400. The monoisotopic (exact) mass is 220 g/mol. The van der Waals surface area contributed by atoms with Crippen molar-refractivity contribution in [1.82, 2.24) is 9.38 Å².